The van der Waals surface area contributed by atoms with Crippen LogP contribution in [0.3, 0.4) is 0 Å². The maximum Gasteiger partial charge on any atom is 0.260 e. The Labute approximate surface area is 121 Å². The summed E-state index contributed by atoms with van der Waals surface area (Å²) in [6.45, 7) is 4.63. The fraction of sp³-hybridized carbons (Fsp3) is 0.562. The Kier molecular flexibility index (Phi) is 7.73. The van der Waals surface area contributed by atoms with E-state index in [0.29, 0.717) is 18.7 Å². The van der Waals surface area contributed by atoms with Gasteiger partial charge >= 0.3 is 0 Å². The first-order valence-corrected chi connectivity index (χ1v) is 7.32. The lowest BCUT2D eigenvalue weighted by atomic mass is 10.1. The van der Waals surface area contributed by atoms with E-state index < -0.39 is 6.10 Å². The zero-order valence-corrected chi connectivity index (χ0v) is 12.4. The Hall–Kier alpha value is -1.55. The summed E-state index contributed by atoms with van der Waals surface area (Å²) >= 11 is 0. The smallest absolute Gasteiger partial charge is 0.260 e. The molecule has 0 heterocycles. The van der Waals surface area contributed by atoms with Crippen LogP contribution in [-0.4, -0.2) is 30.3 Å². The predicted molar refractivity (Wildman–Crippen MR) is 79.9 cm³/mol. The molecule has 1 amide bonds. The molecule has 112 valence electrons. The monoisotopic (exact) mass is 279 g/mol. The molecular formula is C16H25NO3. The minimum atomic E-state index is -0.531. The van der Waals surface area contributed by atoms with Crippen molar-refractivity contribution in [3.8, 4) is 5.75 Å². The number of rotatable bonds is 9. The van der Waals surface area contributed by atoms with Crippen LogP contribution in [0.1, 0.15) is 38.7 Å². The van der Waals surface area contributed by atoms with Gasteiger partial charge in [0, 0.05) is 13.2 Å². The third-order valence-electron chi connectivity index (χ3n) is 3.11. The molecule has 0 aliphatic carbocycles. The Morgan fingerprint density at radius 3 is 2.80 bits per heavy atom. The number of unbranched alkanes of at least 4 members (excludes halogenated alkanes) is 2. The number of para-hydroxylation sites is 1. The van der Waals surface area contributed by atoms with Crippen LogP contribution < -0.4 is 10.1 Å². The van der Waals surface area contributed by atoms with Crippen molar-refractivity contribution in [1.82, 2.24) is 5.32 Å². The van der Waals surface area contributed by atoms with Gasteiger partial charge in [-0.25, -0.2) is 0 Å². The molecule has 0 bridgehead atoms. The molecule has 0 fully saturated rings. The lowest BCUT2D eigenvalue weighted by Crippen LogP contribution is -2.37. The largest absolute Gasteiger partial charge is 0.481 e. The van der Waals surface area contributed by atoms with Crippen molar-refractivity contribution in [3.63, 3.8) is 0 Å². The minimum absolute atomic E-state index is 0.0674. The van der Waals surface area contributed by atoms with Gasteiger partial charge in [-0.3, -0.25) is 4.79 Å². The normalized spacial score (nSPS) is 11.9. The van der Waals surface area contributed by atoms with Crippen LogP contribution >= 0.6 is 0 Å². The quantitative estimate of drug-likeness (QED) is 0.682. The molecule has 20 heavy (non-hydrogen) atoms. The molecule has 1 aromatic rings. The Morgan fingerprint density at radius 2 is 2.10 bits per heavy atom. The van der Waals surface area contributed by atoms with Gasteiger partial charge in [-0.05, 0) is 31.4 Å². The summed E-state index contributed by atoms with van der Waals surface area (Å²) in [5.74, 6) is 0.567. The summed E-state index contributed by atoms with van der Waals surface area (Å²) in [5, 5.41) is 11.9. The molecule has 0 aliphatic heterocycles. The standard InChI is InChI=1S/C16H25NO3/c1-3-4-7-11-17-16(19)13(2)20-15-9-6-5-8-14(15)10-12-18/h5-6,8-9,13,18H,3-4,7,10-12H2,1-2H3,(H,17,19). The zero-order chi connectivity index (χ0) is 14.8. The third kappa shape index (κ3) is 5.61. The Bertz CT molecular complexity index is 406. The average Bonchev–Trinajstić information content (AvgIpc) is 2.45. The van der Waals surface area contributed by atoms with Crippen LogP contribution in [0, 0.1) is 0 Å². The van der Waals surface area contributed by atoms with Crippen LogP contribution in [0.4, 0.5) is 0 Å². The molecule has 4 nitrogen and oxygen atoms in total. The van der Waals surface area contributed by atoms with Crippen LogP contribution in [0.5, 0.6) is 5.75 Å². The number of amides is 1. The Balaban J connectivity index is 2.48. The lowest BCUT2D eigenvalue weighted by Gasteiger charge is -2.17. The lowest BCUT2D eigenvalue weighted by molar-refractivity contribution is -0.127. The van der Waals surface area contributed by atoms with Gasteiger partial charge in [-0.2, -0.15) is 0 Å². The second kappa shape index (κ2) is 9.37. The van der Waals surface area contributed by atoms with E-state index in [0.717, 1.165) is 24.8 Å². The SMILES string of the molecule is CCCCCNC(=O)C(C)Oc1ccccc1CCO. The molecule has 1 atom stereocenters. The fourth-order valence-corrected chi connectivity index (χ4v) is 1.92. The van der Waals surface area contributed by atoms with Gasteiger partial charge in [-0.1, -0.05) is 38.0 Å². The maximum atomic E-state index is 11.9. The molecule has 0 saturated carbocycles. The highest BCUT2D eigenvalue weighted by Gasteiger charge is 2.15. The van der Waals surface area contributed by atoms with Crippen LogP contribution in [0.2, 0.25) is 0 Å². The molecule has 0 radical (unpaired) electrons. The predicted octanol–water partition coefficient (Wildman–Crippen LogP) is 2.30. The number of carbonyl (C=O) groups excluding carboxylic acids is 1. The van der Waals surface area contributed by atoms with E-state index in [2.05, 4.69) is 12.2 Å². The van der Waals surface area contributed by atoms with E-state index in [1.165, 1.54) is 0 Å². The molecule has 1 rings (SSSR count). The van der Waals surface area contributed by atoms with E-state index in [9.17, 15) is 4.79 Å². The van der Waals surface area contributed by atoms with Crippen LogP contribution in [0.15, 0.2) is 24.3 Å². The first kappa shape index (κ1) is 16.5. The highest BCUT2D eigenvalue weighted by Crippen LogP contribution is 2.19. The maximum absolute atomic E-state index is 11.9. The average molecular weight is 279 g/mol. The second-order valence-electron chi connectivity index (χ2n) is 4.84. The van der Waals surface area contributed by atoms with Crippen molar-refractivity contribution in [2.45, 2.75) is 45.6 Å². The number of aliphatic hydroxyl groups excluding tert-OH is 1. The summed E-state index contributed by atoms with van der Waals surface area (Å²) in [4.78, 5) is 11.9. The summed E-state index contributed by atoms with van der Waals surface area (Å²) in [6.07, 6.45) is 3.25. The highest BCUT2D eigenvalue weighted by atomic mass is 16.5. The number of hydrogen-bond acceptors (Lipinski definition) is 3. The minimum Gasteiger partial charge on any atom is -0.481 e. The van der Waals surface area contributed by atoms with Crippen LogP contribution in [-0.2, 0) is 11.2 Å². The number of nitrogens with one attached hydrogen (secondary N) is 1. The first-order chi connectivity index (χ1) is 9.69. The third-order valence-corrected chi connectivity index (χ3v) is 3.11. The molecule has 0 saturated heterocycles. The topological polar surface area (TPSA) is 58.6 Å². The summed E-state index contributed by atoms with van der Waals surface area (Å²) < 4.78 is 5.69. The van der Waals surface area contributed by atoms with Gasteiger partial charge < -0.3 is 15.2 Å². The van der Waals surface area contributed by atoms with Crippen molar-refractivity contribution < 1.29 is 14.6 Å². The summed E-state index contributed by atoms with van der Waals surface area (Å²) in [6, 6.07) is 7.48. The zero-order valence-electron chi connectivity index (χ0n) is 12.4. The molecular weight excluding hydrogens is 254 g/mol. The summed E-state index contributed by atoms with van der Waals surface area (Å²) in [7, 11) is 0. The number of aliphatic hydroxyl groups is 1. The van der Waals surface area contributed by atoms with Crippen molar-refractivity contribution in [2.75, 3.05) is 13.2 Å². The Morgan fingerprint density at radius 1 is 1.35 bits per heavy atom. The van der Waals surface area contributed by atoms with Gasteiger partial charge in [-0.15, -0.1) is 0 Å². The first-order valence-electron chi connectivity index (χ1n) is 7.32. The van der Waals surface area contributed by atoms with Crippen molar-refractivity contribution >= 4 is 5.91 Å². The molecule has 2 N–H and O–H groups in total. The molecule has 0 aliphatic rings. The highest BCUT2D eigenvalue weighted by molar-refractivity contribution is 5.80. The van der Waals surface area contributed by atoms with Gasteiger partial charge in [0.2, 0.25) is 0 Å². The number of benzene rings is 1. The molecule has 0 aromatic heterocycles. The van der Waals surface area contributed by atoms with Gasteiger partial charge in [0.15, 0.2) is 6.10 Å². The van der Waals surface area contributed by atoms with E-state index in [1.807, 2.05) is 24.3 Å². The van der Waals surface area contributed by atoms with Crippen LogP contribution in [0.25, 0.3) is 0 Å². The van der Waals surface area contributed by atoms with E-state index >= 15 is 0 Å². The number of hydrogen-bond donors (Lipinski definition) is 2. The van der Waals surface area contributed by atoms with E-state index in [-0.39, 0.29) is 12.5 Å². The fourth-order valence-electron chi connectivity index (χ4n) is 1.92. The molecule has 4 heteroatoms. The number of carbonyl (C=O) groups is 1. The second-order valence-corrected chi connectivity index (χ2v) is 4.84. The van der Waals surface area contributed by atoms with Gasteiger partial charge in [0.1, 0.15) is 5.75 Å². The van der Waals surface area contributed by atoms with Crippen molar-refractivity contribution in [3.05, 3.63) is 29.8 Å². The van der Waals surface area contributed by atoms with Crippen molar-refractivity contribution in [1.29, 1.82) is 0 Å². The molecule has 1 unspecified atom stereocenters. The molecule has 0 spiro atoms. The van der Waals surface area contributed by atoms with E-state index in [4.69, 9.17) is 9.84 Å². The van der Waals surface area contributed by atoms with Gasteiger partial charge in [0.25, 0.3) is 5.91 Å². The number of ether oxygens (including phenoxy) is 1. The summed E-state index contributed by atoms with van der Waals surface area (Å²) in [5.41, 5.74) is 0.917. The van der Waals surface area contributed by atoms with Crippen molar-refractivity contribution in [2.24, 2.45) is 0 Å². The molecule has 1 aromatic carbocycles. The van der Waals surface area contributed by atoms with Gasteiger partial charge in [0.05, 0.1) is 0 Å². The van der Waals surface area contributed by atoms with E-state index in [1.54, 1.807) is 6.92 Å².